The quantitative estimate of drug-likeness (QED) is 0.820. The highest BCUT2D eigenvalue weighted by atomic mass is 16.5. The van der Waals surface area contributed by atoms with E-state index in [1.807, 2.05) is 24.3 Å². The maximum atomic E-state index is 10.1. The van der Waals surface area contributed by atoms with Gasteiger partial charge in [-0.05, 0) is 29.9 Å². The Labute approximate surface area is 90.9 Å². The number of hydrogen-bond donors (Lipinski definition) is 1. The van der Waals surface area contributed by atoms with E-state index in [4.69, 9.17) is 4.74 Å². The van der Waals surface area contributed by atoms with Crippen LogP contribution < -0.4 is 0 Å². The zero-order chi connectivity index (χ0) is 10.7. The smallest absolute Gasteiger partial charge is 0.0818 e. The van der Waals surface area contributed by atoms with Gasteiger partial charge < -0.3 is 9.84 Å². The van der Waals surface area contributed by atoms with Gasteiger partial charge >= 0.3 is 0 Å². The molecule has 2 heteroatoms. The highest BCUT2D eigenvalue weighted by molar-refractivity contribution is 5.25. The van der Waals surface area contributed by atoms with E-state index in [-0.39, 0.29) is 6.10 Å². The first kappa shape index (κ1) is 10.7. The fourth-order valence-electron chi connectivity index (χ4n) is 2.06. The molecule has 82 valence electrons. The summed E-state index contributed by atoms with van der Waals surface area (Å²) in [6.45, 7) is 0.616. The minimum Gasteiger partial charge on any atom is -0.388 e. The Kier molecular flexibility index (Phi) is 3.39. The molecule has 1 saturated carbocycles. The predicted octanol–water partition coefficient (Wildman–Crippen LogP) is 2.67. The number of rotatable bonds is 4. The van der Waals surface area contributed by atoms with Crippen LogP contribution in [0.2, 0.25) is 0 Å². The van der Waals surface area contributed by atoms with E-state index >= 15 is 0 Å². The average Bonchev–Trinajstić information content (AvgIpc) is 2.16. The van der Waals surface area contributed by atoms with Crippen LogP contribution in [-0.2, 0) is 11.3 Å². The summed E-state index contributed by atoms with van der Waals surface area (Å²) in [6, 6.07) is 8.07. The summed E-state index contributed by atoms with van der Waals surface area (Å²) in [5.41, 5.74) is 2.17. The standard InChI is InChI=1S/C13H18O2/c1-15-9-10-4-2-7-12(8-10)13(14)11-5-3-6-11/h2,4,7-8,11,13-14H,3,5-6,9H2,1H3. The molecule has 0 spiro atoms. The molecule has 0 aliphatic heterocycles. The molecule has 1 aliphatic rings. The van der Waals surface area contributed by atoms with Gasteiger partial charge in [-0.1, -0.05) is 30.7 Å². The normalized spacial score (nSPS) is 18.5. The number of aliphatic hydroxyl groups is 1. The number of ether oxygens (including phenoxy) is 1. The van der Waals surface area contributed by atoms with Crippen LogP contribution in [0.1, 0.15) is 36.5 Å². The molecule has 0 heterocycles. The van der Waals surface area contributed by atoms with Gasteiger partial charge in [0.1, 0.15) is 0 Å². The summed E-state index contributed by atoms with van der Waals surface area (Å²) in [5, 5.41) is 10.1. The van der Waals surface area contributed by atoms with E-state index in [2.05, 4.69) is 0 Å². The Morgan fingerprint density at radius 3 is 2.87 bits per heavy atom. The first-order valence-corrected chi connectivity index (χ1v) is 5.57. The molecule has 0 saturated heterocycles. The van der Waals surface area contributed by atoms with Crippen molar-refractivity contribution in [2.45, 2.75) is 32.0 Å². The van der Waals surface area contributed by atoms with Gasteiger partial charge in [-0.25, -0.2) is 0 Å². The lowest BCUT2D eigenvalue weighted by atomic mass is 9.78. The molecule has 0 bridgehead atoms. The van der Waals surface area contributed by atoms with Crippen molar-refractivity contribution in [2.75, 3.05) is 7.11 Å². The van der Waals surface area contributed by atoms with Gasteiger partial charge in [0.15, 0.2) is 0 Å². The van der Waals surface area contributed by atoms with Crippen molar-refractivity contribution in [3.05, 3.63) is 35.4 Å². The van der Waals surface area contributed by atoms with Gasteiger partial charge in [0.05, 0.1) is 12.7 Å². The van der Waals surface area contributed by atoms with Crippen LogP contribution in [0.5, 0.6) is 0 Å². The molecule has 1 N–H and O–H groups in total. The Bertz CT molecular complexity index is 318. The predicted molar refractivity (Wildman–Crippen MR) is 59.5 cm³/mol. The van der Waals surface area contributed by atoms with Crippen molar-refractivity contribution < 1.29 is 9.84 Å². The van der Waals surface area contributed by atoms with E-state index in [0.29, 0.717) is 12.5 Å². The van der Waals surface area contributed by atoms with Gasteiger partial charge in [-0.2, -0.15) is 0 Å². The van der Waals surface area contributed by atoms with E-state index < -0.39 is 0 Å². The summed E-state index contributed by atoms with van der Waals surface area (Å²) >= 11 is 0. The lowest BCUT2D eigenvalue weighted by molar-refractivity contribution is 0.0619. The number of hydrogen-bond acceptors (Lipinski definition) is 2. The molecule has 0 radical (unpaired) electrons. The Morgan fingerprint density at radius 1 is 1.47 bits per heavy atom. The monoisotopic (exact) mass is 206 g/mol. The van der Waals surface area contributed by atoms with Crippen LogP contribution in [0.15, 0.2) is 24.3 Å². The minimum absolute atomic E-state index is 0.282. The molecule has 0 amide bonds. The number of aliphatic hydroxyl groups excluding tert-OH is 1. The average molecular weight is 206 g/mol. The van der Waals surface area contributed by atoms with E-state index in [1.165, 1.54) is 6.42 Å². The number of methoxy groups -OCH3 is 1. The summed E-state index contributed by atoms with van der Waals surface area (Å²) < 4.78 is 5.08. The number of benzene rings is 1. The molecule has 1 aliphatic carbocycles. The Hall–Kier alpha value is -0.860. The van der Waals surface area contributed by atoms with Gasteiger partial charge in [0, 0.05) is 7.11 Å². The maximum Gasteiger partial charge on any atom is 0.0818 e. The van der Waals surface area contributed by atoms with Gasteiger partial charge in [0.2, 0.25) is 0 Å². The summed E-state index contributed by atoms with van der Waals surface area (Å²) in [4.78, 5) is 0. The van der Waals surface area contributed by atoms with Crippen molar-refractivity contribution in [1.29, 1.82) is 0 Å². The SMILES string of the molecule is COCc1cccc(C(O)C2CCC2)c1. The molecule has 15 heavy (non-hydrogen) atoms. The largest absolute Gasteiger partial charge is 0.388 e. The molecule has 1 atom stereocenters. The molecule has 1 aromatic carbocycles. The molecule has 2 rings (SSSR count). The fourth-order valence-corrected chi connectivity index (χ4v) is 2.06. The van der Waals surface area contributed by atoms with Crippen molar-refractivity contribution >= 4 is 0 Å². The lowest BCUT2D eigenvalue weighted by Gasteiger charge is -2.30. The first-order chi connectivity index (χ1) is 7.31. The second-order valence-corrected chi connectivity index (χ2v) is 4.31. The second-order valence-electron chi connectivity index (χ2n) is 4.31. The van der Waals surface area contributed by atoms with Gasteiger partial charge in [-0.3, -0.25) is 0 Å². The second kappa shape index (κ2) is 4.77. The molecular formula is C13H18O2. The van der Waals surface area contributed by atoms with Crippen molar-refractivity contribution in [3.8, 4) is 0 Å². The molecular weight excluding hydrogens is 188 g/mol. The highest BCUT2D eigenvalue weighted by Crippen LogP contribution is 2.37. The van der Waals surface area contributed by atoms with Crippen molar-refractivity contribution in [2.24, 2.45) is 5.92 Å². The van der Waals surface area contributed by atoms with Gasteiger partial charge in [0.25, 0.3) is 0 Å². The van der Waals surface area contributed by atoms with E-state index in [0.717, 1.165) is 24.0 Å². The maximum absolute atomic E-state index is 10.1. The Morgan fingerprint density at radius 2 is 2.27 bits per heavy atom. The lowest BCUT2D eigenvalue weighted by Crippen LogP contribution is -2.20. The van der Waals surface area contributed by atoms with Crippen LogP contribution in [0, 0.1) is 5.92 Å². The van der Waals surface area contributed by atoms with Crippen LogP contribution in [0.4, 0.5) is 0 Å². The van der Waals surface area contributed by atoms with Gasteiger partial charge in [-0.15, -0.1) is 0 Å². The van der Waals surface area contributed by atoms with Crippen LogP contribution in [0.25, 0.3) is 0 Å². The molecule has 2 nitrogen and oxygen atoms in total. The third kappa shape index (κ3) is 2.39. The van der Waals surface area contributed by atoms with Crippen LogP contribution >= 0.6 is 0 Å². The van der Waals surface area contributed by atoms with Crippen LogP contribution in [-0.4, -0.2) is 12.2 Å². The molecule has 1 aromatic rings. The van der Waals surface area contributed by atoms with Crippen molar-refractivity contribution in [3.63, 3.8) is 0 Å². The molecule has 1 fully saturated rings. The summed E-state index contributed by atoms with van der Waals surface area (Å²) in [5.74, 6) is 0.475. The van der Waals surface area contributed by atoms with E-state index in [9.17, 15) is 5.11 Å². The first-order valence-electron chi connectivity index (χ1n) is 5.57. The molecule has 0 aromatic heterocycles. The Balaban J connectivity index is 2.09. The van der Waals surface area contributed by atoms with E-state index in [1.54, 1.807) is 7.11 Å². The summed E-state index contributed by atoms with van der Waals surface area (Å²) in [6.07, 6.45) is 3.31. The third-order valence-electron chi connectivity index (χ3n) is 3.20. The molecule has 1 unspecified atom stereocenters. The van der Waals surface area contributed by atoms with Crippen molar-refractivity contribution in [1.82, 2.24) is 0 Å². The zero-order valence-electron chi connectivity index (χ0n) is 9.15. The fraction of sp³-hybridized carbons (Fsp3) is 0.538. The summed E-state index contributed by atoms with van der Waals surface area (Å²) in [7, 11) is 1.69. The zero-order valence-corrected chi connectivity index (χ0v) is 9.15. The topological polar surface area (TPSA) is 29.5 Å². The minimum atomic E-state index is -0.282. The third-order valence-corrected chi connectivity index (χ3v) is 3.20. The highest BCUT2D eigenvalue weighted by Gasteiger charge is 2.26. The van der Waals surface area contributed by atoms with Crippen LogP contribution in [0.3, 0.4) is 0 Å².